The zero-order valence-corrected chi connectivity index (χ0v) is 14.0. The summed E-state index contributed by atoms with van der Waals surface area (Å²) in [6.07, 6.45) is -0.0975. The first-order valence-electron chi connectivity index (χ1n) is 7.07. The van der Waals surface area contributed by atoms with Gasteiger partial charge in [0.25, 0.3) is 0 Å². The van der Waals surface area contributed by atoms with Gasteiger partial charge in [-0.2, -0.15) is 0 Å². The Balaban J connectivity index is 2.32. The highest BCUT2D eigenvalue weighted by atomic mass is 32.1. The molecule has 24 heavy (non-hydrogen) atoms. The fourth-order valence-corrected chi connectivity index (χ4v) is 1.83. The first-order valence-corrected chi connectivity index (χ1v) is 7.48. The molecule has 0 fully saturated rings. The summed E-state index contributed by atoms with van der Waals surface area (Å²) in [4.78, 5) is 34.0. The van der Waals surface area contributed by atoms with Crippen molar-refractivity contribution in [1.82, 2.24) is 5.32 Å². The molecule has 0 atom stereocenters. The molecule has 0 aromatic heterocycles. The molecule has 0 aliphatic carbocycles. The molecule has 0 heterocycles. The van der Waals surface area contributed by atoms with Crippen LogP contribution < -0.4 is 16.4 Å². The van der Waals surface area contributed by atoms with Crippen LogP contribution in [0.2, 0.25) is 0 Å². The standard InChI is InChI=1S/C15H19N3O5S/c1-22-8-9-23-13(20)7-6-12(19)18-15(24)17-11-4-2-10(3-5-11)14(16)21/h2-5H,6-9H2,1H3,(H2,16,21)(H2,17,18,19,24). The summed E-state index contributed by atoms with van der Waals surface area (Å²) in [6, 6.07) is 6.27. The summed E-state index contributed by atoms with van der Waals surface area (Å²) >= 11 is 4.99. The predicted octanol–water partition coefficient (Wildman–Crippen LogP) is 0.568. The van der Waals surface area contributed by atoms with Gasteiger partial charge in [-0.25, -0.2) is 0 Å². The van der Waals surface area contributed by atoms with Gasteiger partial charge >= 0.3 is 5.97 Å². The minimum Gasteiger partial charge on any atom is -0.463 e. The Morgan fingerprint density at radius 3 is 2.38 bits per heavy atom. The fraction of sp³-hybridized carbons (Fsp3) is 0.333. The van der Waals surface area contributed by atoms with Crippen molar-refractivity contribution in [1.29, 1.82) is 0 Å². The number of esters is 1. The number of thiocarbonyl (C=S) groups is 1. The van der Waals surface area contributed by atoms with Crippen molar-refractivity contribution in [3.05, 3.63) is 29.8 Å². The summed E-state index contributed by atoms with van der Waals surface area (Å²) in [6.45, 7) is 0.457. The van der Waals surface area contributed by atoms with Crippen molar-refractivity contribution >= 4 is 40.8 Å². The van der Waals surface area contributed by atoms with Crippen molar-refractivity contribution < 1.29 is 23.9 Å². The molecule has 130 valence electrons. The van der Waals surface area contributed by atoms with Crippen molar-refractivity contribution in [2.45, 2.75) is 12.8 Å². The molecule has 4 N–H and O–H groups in total. The van der Waals surface area contributed by atoms with Crippen molar-refractivity contribution in [3.63, 3.8) is 0 Å². The second-order valence-corrected chi connectivity index (χ2v) is 5.07. The topological polar surface area (TPSA) is 120 Å². The molecule has 1 aromatic carbocycles. The summed E-state index contributed by atoms with van der Waals surface area (Å²) in [7, 11) is 1.50. The average Bonchev–Trinajstić information content (AvgIpc) is 2.53. The summed E-state index contributed by atoms with van der Waals surface area (Å²) in [5, 5.41) is 5.31. The molecule has 0 aliphatic heterocycles. The van der Waals surface area contributed by atoms with Gasteiger partial charge < -0.3 is 25.8 Å². The van der Waals surface area contributed by atoms with E-state index in [0.29, 0.717) is 17.9 Å². The van der Waals surface area contributed by atoms with E-state index in [1.165, 1.54) is 19.2 Å². The van der Waals surface area contributed by atoms with Gasteiger partial charge in [-0.05, 0) is 36.5 Å². The fourth-order valence-electron chi connectivity index (χ4n) is 1.60. The molecule has 9 heteroatoms. The number of nitrogens with one attached hydrogen (secondary N) is 2. The van der Waals surface area contributed by atoms with E-state index in [9.17, 15) is 14.4 Å². The number of nitrogens with two attached hydrogens (primary N) is 1. The number of carbonyl (C=O) groups excluding carboxylic acids is 3. The summed E-state index contributed by atoms with van der Waals surface area (Å²) < 4.78 is 9.57. The van der Waals surface area contributed by atoms with E-state index in [4.69, 9.17) is 27.4 Å². The first kappa shape index (κ1) is 19.5. The number of hydrogen-bond donors (Lipinski definition) is 3. The smallest absolute Gasteiger partial charge is 0.306 e. The molecule has 1 rings (SSSR count). The van der Waals surface area contributed by atoms with Gasteiger partial charge in [0, 0.05) is 24.8 Å². The molecule has 0 unspecified atom stereocenters. The number of benzene rings is 1. The van der Waals surface area contributed by atoms with Crippen LogP contribution in [0.1, 0.15) is 23.2 Å². The van der Waals surface area contributed by atoms with Gasteiger partial charge in [0.05, 0.1) is 13.0 Å². The lowest BCUT2D eigenvalue weighted by Gasteiger charge is -2.10. The van der Waals surface area contributed by atoms with Crippen molar-refractivity contribution in [2.75, 3.05) is 25.6 Å². The second kappa shape index (κ2) is 10.3. The Bertz CT molecular complexity index is 604. The zero-order valence-electron chi connectivity index (χ0n) is 13.2. The third kappa shape index (κ3) is 7.65. The monoisotopic (exact) mass is 353 g/mol. The number of amides is 2. The van der Waals surface area contributed by atoms with E-state index < -0.39 is 17.8 Å². The summed E-state index contributed by atoms with van der Waals surface area (Å²) in [5.41, 5.74) is 6.09. The van der Waals surface area contributed by atoms with Crippen LogP contribution in [-0.4, -0.2) is 43.2 Å². The van der Waals surface area contributed by atoms with Crippen LogP contribution in [0.4, 0.5) is 5.69 Å². The largest absolute Gasteiger partial charge is 0.463 e. The molecule has 0 spiro atoms. The molecular formula is C15H19N3O5S. The number of rotatable bonds is 8. The molecule has 0 radical (unpaired) electrons. The molecule has 0 saturated carbocycles. The van der Waals surface area contributed by atoms with E-state index in [1.54, 1.807) is 12.1 Å². The molecule has 1 aromatic rings. The van der Waals surface area contributed by atoms with Crippen LogP contribution in [0, 0.1) is 0 Å². The Morgan fingerprint density at radius 2 is 1.79 bits per heavy atom. The SMILES string of the molecule is COCCOC(=O)CCC(=O)NC(=S)Nc1ccc(C(N)=O)cc1. The Morgan fingerprint density at radius 1 is 1.12 bits per heavy atom. The zero-order chi connectivity index (χ0) is 17.9. The van der Waals surface area contributed by atoms with Gasteiger partial charge in [0.2, 0.25) is 11.8 Å². The third-order valence-corrected chi connectivity index (χ3v) is 2.99. The van der Waals surface area contributed by atoms with Crippen LogP contribution >= 0.6 is 12.2 Å². The van der Waals surface area contributed by atoms with Gasteiger partial charge in [-0.3, -0.25) is 14.4 Å². The van der Waals surface area contributed by atoms with Crippen LogP contribution in [0.3, 0.4) is 0 Å². The van der Waals surface area contributed by atoms with Crippen LogP contribution in [0.25, 0.3) is 0 Å². The second-order valence-electron chi connectivity index (χ2n) is 4.66. The third-order valence-electron chi connectivity index (χ3n) is 2.79. The van der Waals surface area contributed by atoms with E-state index >= 15 is 0 Å². The molecule has 0 saturated heterocycles. The number of carbonyl (C=O) groups is 3. The predicted molar refractivity (Wildman–Crippen MR) is 91.4 cm³/mol. The first-order chi connectivity index (χ1) is 11.4. The number of anilines is 1. The van der Waals surface area contributed by atoms with E-state index in [0.717, 1.165) is 0 Å². The maximum atomic E-state index is 11.7. The number of primary amides is 1. The Hall–Kier alpha value is -2.52. The van der Waals surface area contributed by atoms with Gasteiger partial charge in [0.1, 0.15) is 6.61 Å². The maximum Gasteiger partial charge on any atom is 0.306 e. The lowest BCUT2D eigenvalue weighted by atomic mass is 10.2. The molecule has 0 aliphatic rings. The lowest BCUT2D eigenvalue weighted by molar-refractivity contribution is -0.146. The quantitative estimate of drug-likeness (QED) is 0.355. The lowest BCUT2D eigenvalue weighted by Crippen LogP contribution is -2.34. The van der Waals surface area contributed by atoms with Gasteiger partial charge in [-0.15, -0.1) is 0 Å². The van der Waals surface area contributed by atoms with Gasteiger partial charge in [0.15, 0.2) is 5.11 Å². The normalized spacial score (nSPS) is 9.88. The molecule has 8 nitrogen and oxygen atoms in total. The van der Waals surface area contributed by atoms with Crippen LogP contribution in [0.15, 0.2) is 24.3 Å². The number of ether oxygens (including phenoxy) is 2. The van der Waals surface area contributed by atoms with Gasteiger partial charge in [-0.1, -0.05) is 0 Å². The number of hydrogen-bond acceptors (Lipinski definition) is 6. The average molecular weight is 353 g/mol. The van der Waals surface area contributed by atoms with E-state index in [-0.39, 0.29) is 24.6 Å². The van der Waals surface area contributed by atoms with Crippen LogP contribution in [-0.2, 0) is 19.1 Å². The summed E-state index contributed by atoms with van der Waals surface area (Å²) in [5.74, 6) is -1.43. The Kier molecular flexibility index (Phi) is 8.37. The molecular weight excluding hydrogens is 334 g/mol. The number of methoxy groups -OCH3 is 1. The highest BCUT2D eigenvalue weighted by Gasteiger charge is 2.10. The molecule has 0 bridgehead atoms. The highest BCUT2D eigenvalue weighted by Crippen LogP contribution is 2.09. The van der Waals surface area contributed by atoms with Crippen molar-refractivity contribution in [2.24, 2.45) is 5.73 Å². The van der Waals surface area contributed by atoms with Crippen LogP contribution in [0.5, 0.6) is 0 Å². The van der Waals surface area contributed by atoms with Crippen molar-refractivity contribution in [3.8, 4) is 0 Å². The minimum atomic E-state index is -0.533. The molecule has 2 amide bonds. The minimum absolute atomic E-state index is 0.0474. The maximum absolute atomic E-state index is 11.7. The Labute approximate surface area is 144 Å². The van der Waals surface area contributed by atoms with E-state index in [2.05, 4.69) is 10.6 Å². The van der Waals surface area contributed by atoms with E-state index in [1.807, 2.05) is 0 Å². The highest BCUT2D eigenvalue weighted by molar-refractivity contribution is 7.80.